The summed E-state index contributed by atoms with van der Waals surface area (Å²) in [5, 5.41) is 5.05. The molecule has 0 saturated heterocycles. The smallest absolute Gasteiger partial charge is 0.265 e. The minimum absolute atomic E-state index is 0.182. The average molecular weight is 385 g/mol. The summed E-state index contributed by atoms with van der Waals surface area (Å²) in [5.41, 5.74) is 5.04. The summed E-state index contributed by atoms with van der Waals surface area (Å²) in [6, 6.07) is 19.8. The molecule has 3 aromatic carbocycles. The molecule has 4 nitrogen and oxygen atoms in total. The van der Waals surface area contributed by atoms with Crippen LogP contribution in [0.4, 0.5) is 5.69 Å². The first-order valence-electron chi connectivity index (χ1n) is 10.2. The first kappa shape index (κ1) is 17.8. The van der Waals surface area contributed by atoms with E-state index in [0.29, 0.717) is 5.69 Å². The average Bonchev–Trinajstić information content (AvgIpc) is 3.11. The van der Waals surface area contributed by atoms with Gasteiger partial charge in [-0.15, -0.1) is 0 Å². The van der Waals surface area contributed by atoms with Crippen LogP contribution in [0.25, 0.3) is 21.9 Å². The number of para-hydroxylation sites is 1. The maximum Gasteiger partial charge on any atom is 0.265 e. The molecule has 4 heteroatoms. The number of carbonyl (C=O) groups is 1. The quantitative estimate of drug-likeness (QED) is 0.478. The molecular weight excluding hydrogens is 362 g/mol. The van der Waals surface area contributed by atoms with E-state index in [-0.39, 0.29) is 5.91 Å². The Labute approximate surface area is 169 Å². The van der Waals surface area contributed by atoms with Crippen LogP contribution in [0.1, 0.15) is 30.9 Å². The highest BCUT2D eigenvalue weighted by Gasteiger charge is 2.17. The lowest BCUT2D eigenvalue weighted by atomic mass is 9.92. The van der Waals surface area contributed by atoms with Crippen molar-refractivity contribution in [3.63, 3.8) is 0 Å². The summed E-state index contributed by atoms with van der Waals surface area (Å²) in [7, 11) is 0. The number of amides is 1. The fourth-order valence-corrected chi connectivity index (χ4v) is 4.09. The first-order chi connectivity index (χ1) is 14.2. The second-order valence-electron chi connectivity index (χ2n) is 7.70. The van der Waals surface area contributed by atoms with Gasteiger partial charge < -0.3 is 14.5 Å². The van der Waals surface area contributed by atoms with Crippen molar-refractivity contribution in [2.45, 2.75) is 38.7 Å². The number of hydrogen-bond donors (Lipinski definition) is 1. The Bertz CT molecular complexity index is 1210. The summed E-state index contributed by atoms with van der Waals surface area (Å²) < 4.78 is 11.8. The largest absolute Gasteiger partial charge is 0.481 e. The number of fused-ring (bicyclic) bond motifs is 4. The van der Waals surface area contributed by atoms with E-state index in [1.165, 1.54) is 24.0 Å². The van der Waals surface area contributed by atoms with Crippen molar-refractivity contribution in [1.29, 1.82) is 0 Å². The molecule has 0 bridgehead atoms. The molecule has 1 amide bonds. The van der Waals surface area contributed by atoms with Crippen LogP contribution in [-0.4, -0.2) is 12.0 Å². The third-order valence-electron chi connectivity index (χ3n) is 5.65. The molecule has 0 fully saturated rings. The molecule has 1 aliphatic rings. The minimum Gasteiger partial charge on any atom is -0.481 e. The van der Waals surface area contributed by atoms with Crippen LogP contribution in [0, 0.1) is 0 Å². The van der Waals surface area contributed by atoms with E-state index in [4.69, 9.17) is 9.15 Å². The van der Waals surface area contributed by atoms with Crippen LogP contribution in [0.5, 0.6) is 5.75 Å². The highest BCUT2D eigenvalue weighted by molar-refractivity contribution is 6.06. The van der Waals surface area contributed by atoms with E-state index in [0.717, 1.165) is 40.5 Å². The van der Waals surface area contributed by atoms with E-state index >= 15 is 0 Å². The van der Waals surface area contributed by atoms with Gasteiger partial charge in [0.1, 0.15) is 16.9 Å². The SMILES string of the molecule is C[C@H](Oc1ccc2c(c1)CCCC2)C(=O)Nc1ccc2c(c1)oc1ccccc12. The molecule has 1 heterocycles. The van der Waals surface area contributed by atoms with E-state index in [9.17, 15) is 4.79 Å². The second-order valence-corrected chi connectivity index (χ2v) is 7.70. The molecule has 0 aliphatic heterocycles. The summed E-state index contributed by atoms with van der Waals surface area (Å²) in [5.74, 6) is 0.569. The molecule has 1 N–H and O–H groups in total. The van der Waals surface area contributed by atoms with Crippen molar-refractivity contribution in [3.05, 3.63) is 71.8 Å². The lowest BCUT2D eigenvalue weighted by molar-refractivity contribution is -0.122. The summed E-state index contributed by atoms with van der Waals surface area (Å²) in [6.45, 7) is 1.77. The third kappa shape index (κ3) is 3.46. The fourth-order valence-electron chi connectivity index (χ4n) is 4.09. The molecule has 1 aromatic heterocycles. The van der Waals surface area contributed by atoms with Gasteiger partial charge in [-0.1, -0.05) is 24.3 Å². The van der Waals surface area contributed by atoms with E-state index in [2.05, 4.69) is 17.4 Å². The van der Waals surface area contributed by atoms with Gasteiger partial charge in [0.05, 0.1) is 0 Å². The van der Waals surface area contributed by atoms with Gasteiger partial charge in [0.25, 0.3) is 5.91 Å². The number of aryl methyl sites for hydroxylation is 2. The Kier molecular flexibility index (Phi) is 4.47. The van der Waals surface area contributed by atoms with Gasteiger partial charge in [-0.25, -0.2) is 0 Å². The van der Waals surface area contributed by atoms with Gasteiger partial charge in [-0.3, -0.25) is 4.79 Å². The predicted molar refractivity (Wildman–Crippen MR) is 116 cm³/mol. The van der Waals surface area contributed by atoms with Crippen molar-refractivity contribution in [3.8, 4) is 5.75 Å². The van der Waals surface area contributed by atoms with Gasteiger partial charge in [-0.05, 0) is 74.1 Å². The number of anilines is 1. The normalized spacial score (nSPS) is 14.5. The number of hydrogen-bond acceptors (Lipinski definition) is 3. The van der Waals surface area contributed by atoms with Crippen molar-refractivity contribution in [1.82, 2.24) is 0 Å². The zero-order valence-corrected chi connectivity index (χ0v) is 16.4. The zero-order valence-electron chi connectivity index (χ0n) is 16.4. The molecule has 1 atom stereocenters. The van der Waals surface area contributed by atoms with Crippen LogP contribution >= 0.6 is 0 Å². The zero-order chi connectivity index (χ0) is 19.8. The molecule has 29 heavy (non-hydrogen) atoms. The number of rotatable bonds is 4. The van der Waals surface area contributed by atoms with Crippen molar-refractivity contribution in [2.75, 3.05) is 5.32 Å². The number of benzene rings is 3. The van der Waals surface area contributed by atoms with Crippen LogP contribution in [0.15, 0.2) is 65.1 Å². The highest BCUT2D eigenvalue weighted by Crippen LogP contribution is 2.30. The van der Waals surface area contributed by atoms with Crippen molar-refractivity contribution < 1.29 is 13.9 Å². The van der Waals surface area contributed by atoms with Crippen molar-refractivity contribution >= 4 is 33.5 Å². The molecule has 4 aromatic rings. The van der Waals surface area contributed by atoms with Crippen LogP contribution < -0.4 is 10.1 Å². The first-order valence-corrected chi connectivity index (χ1v) is 10.2. The van der Waals surface area contributed by atoms with Crippen molar-refractivity contribution in [2.24, 2.45) is 0 Å². The lowest BCUT2D eigenvalue weighted by Crippen LogP contribution is -2.30. The van der Waals surface area contributed by atoms with Gasteiger partial charge in [0.15, 0.2) is 6.10 Å². The number of ether oxygens (including phenoxy) is 1. The molecule has 0 unspecified atom stereocenters. The summed E-state index contributed by atoms with van der Waals surface area (Å²) in [4.78, 5) is 12.6. The van der Waals surface area contributed by atoms with Gasteiger partial charge in [0.2, 0.25) is 0 Å². The molecule has 0 saturated carbocycles. The number of nitrogens with one attached hydrogen (secondary N) is 1. The Hall–Kier alpha value is -3.27. The molecule has 146 valence electrons. The molecule has 5 rings (SSSR count). The van der Waals surface area contributed by atoms with E-state index in [1.54, 1.807) is 6.92 Å². The van der Waals surface area contributed by atoms with E-state index < -0.39 is 6.10 Å². The highest BCUT2D eigenvalue weighted by atomic mass is 16.5. The maximum atomic E-state index is 12.6. The van der Waals surface area contributed by atoms with Gasteiger partial charge in [0, 0.05) is 22.5 Å². The maximum absolute atomic E-state index is 12.6. The van der Waals surface area contributed by atoms with Gasteiger partial charge in [-0.2, -0.15) is 0 Å². The Morgan fingerprint density at radius 3 is 2.62 bits per heavy atom. The Morgan fingerprint density at radius 2 is 1.72 bits per heavy atom. The predicted octanol–water partition coefficient (Wildman–Crippen LogP) is 5.87. The second kappa shape index (κ2) is 7.28. The van der Waals surface area contributed by atoms with Crippen LogP contribution in [0.2, 0.25) is 0 Å². The number of carbonyl (C=O) groups excluding carboxylic acids is 1. The van der Waals surface area contributed by atoms with E-state index in [1.807, 2.05) is 48.5 Å². The van der Waals surface area contributed by atoms with Gasteiger partial charge >= 0.3 is 0 Å². The molecule has 0 radical (unpaired) electrons. The topological polar surface area (TPSA) is 51.5 Å². The van der Waals surface area contributed by atoms with Crippen LogP contribution in [-0.2, 0) is 17.6 Å². The van der Waals surface area contributed by atoms with Crippen LogP contribution in [0.3, 0.4) is 0 Å². The summed E-state index contributed by atoms with van der Waals surface area (Å²) >= 11 is 0. The molecule has 0 spiro atoms. The molecular formula is C25H23NO3. The third-order valence-corrected chi connectivity index (χ3v) is 5.65. The fraction of sp³-hybridized carbons (Fsp3) is 0.240. The Morgan fingerprint density at radius 1 is 0.931 bits per heavy atom. The Balaban J connectivity index is 1.31. The minimum atomic E-state index is -0.594. The number of furan rings is 1. The standard InChI is InChI=1S/C25H23NO3/c1-16(28-20-12-10-17-6-2-3-7-18(17)14-20)25(27)26-19-11-13-22-21-8-4-5-9-23(21)29-24(22)15-19/h4-5,8-16H,2-3,6-7H2,1H3,(H,26,27)/t16-/m0/s1. The molecule has 1 aliphatic carbocycles. The monoisotopic (exact) mass is 385 g/mol. The summed E-state index contributed by atoms with van der Waals surface area (Å²) in [6.07, 6.45) is 4.10. The lowest BCUT2D eigenvalue weighted by Gasteiger charge is -2.19.